The summed E-state index contributed by atoms with van der Waals surface area (Å²) in [7, 11) is 0. The van der Waals surface area contributed by atoms with E-state index in [0.29, 0.717) is 0 Å². The van der Waals surface area contributed by atoms with Gasteiger partial charge in [-0.3, -0.25) is 19.3 Å². The minimum atomic E-state index is -0.988. The van der Waals surface area contributed by atoms with Gasteiger partial charge in [-0.1, -0.05) is 60.7 Å². The highest BCUT2D eigenvalue weighted by atomic mass is 16.2. The molecule has 5 heteroatoms. The number of carbonyl (C=O) groups is 3. The smallest absolute Gasteiger partial charge is 0.240 e. The molecule has 0 aromatic heterocycles. The van der Waals surface area contributed by atoms with Gasteiger partial charge in [0.2, 0.25) is 17.7 Å². The lowest BCUT2D eigenvalue weighted by Crippen LogP contribution is -2.50. The van der Waals surface area contributed by atoms with Crippen LogP contribution in [0.25, 0.3) is 0 Å². The summed E-state index contributed by atoms with van der Waals surface area (Å²) < 4.78 is 0. The Labute approximate surface area is 141 Å². The first-order chi connectivity index (χ1) is 11.5. The maximum Gasteiger partial charge on any atom is 0.240 e. The summed E-state index contributed by atoms with van der Waals surface area (Å²) in [6.07, 6.45) is 0.0813. The summed E-state index contributed by atoms with van der Waals surface area (Å²) in [4.78, 5) is 37.7. The summed E-state index contributed by atoms with van der Waals surface area (Å²) >= 11 is 0. The molecule has 3 amide bonds. The van der Waals surface area contributed by atoms with Crippen LogP contribution in [-0.2, 0) is 27.2 Å². The van der Waals surface area contributed by atoms with Gasteiger partial charge in [0.05, 0.1) is 12.8 Å². The maximum absolute atomic E-state index is 12.6. The van der Waals surface area contributed by atoms with Gasteiger partial charge in [0.1, 0.15) is 6.04 Å². The van der Waals surface area contributed by atoms with Crippen molar-refractivity contribution < 1.29 is 14.4 Å². The average Bonchev–Trinajstić information content (AvgIpc) is 2.56. The van der Waals surface area contributed by atoms with E-state index >= 15 is 0 Å². The topological polar surface area (TPSA) is 80.5 Å². The van der Waals surface area contributed by atoms with Crippen molar-refractivity contribution in [1.29, 1.82) is 0 Å². The van der Waals surface area contributed by atoms with Crippen molar-refractivity contribution in [3.05, 3.63) is 71.8 Å². The highest BCUT2D eigenvalue weighted by molar-refractivity contribution is 6.01. The molecular weight excluding hydrogens is 304 g/mol. The van der Waals surface area contributed by atoms with Gasteiger partial charge in [-0.25, -0.2) is 0 Å². The number of hydrogen-bond donors (Lipinski definition) is 1. The van der Waals surface area contributed by atoms with Crippen molar-refractivity contribution in [2.24, 2.45) is 5.73 Å². The van der Waals surface area contributed by atoms with Gasteiger partial charge in [0.15, 0.2) is 0 Å². The molecule has 24 heavy (non-hydrogen) atoms. The summed E-state index contributed by atoms with van der Waals surface area (Å²) in [6.45, 7) is 1.47. The van der Waals surface area contributed by atoms with E-state index in [2.05, 4.69) is 0 Å². The molecule has 0 bridgehead atoms. The monoisotopic (exact) mass is 324 g/mol. The number of rotatable bonds is 6. The third-order valence-electron chi connectivity index (χ3n) is 3.73. The molecule has 2 aromatic carbocycles. The van der Waals surface area contributed by atoms with Crippen LogP contribution in [0.5, 0.6) is 0 Å². The molecule has 0 heterocycles. The van der Waals surface area contributed by atoms with E-state index in [1.807, 2.05) is 36.4 Å². The van der Waals surface area contributed by atoms with Crippen LogP contribution < -0.4 is 5.73 Å². The Bertz CT molecular complexity index is 660. The Hall–Kier alpha value is -2.95. The Morgan fingerprint density at radius 1 is 0.833 bits per heavy atom. The molecule has 0 aliphatic rings. The molecule has 2 N–H and O–H groups in total. The first kappa shape index (κ1) is 17.4. The van der Waals surface area contributed by atoms with Gasteiger partial charge in [0, 0.05) is 0 Å². The summed E-state index contributed by atoms with van der Waals surface area (Å²) in [5.41, 5.74) is 6.86. The van der Waals surface area contributed by atoms with Crippen LogP contribution >= 0.6 is 0 Å². The van der Waals surface area contributed by atoms with E-state index in [0.717, 1.165) is 16.0 Å². The summed E-state index contributed by atoms with van der Waals surface area (Å²) in [5.74, 6) is -1.58. The Morgan fingerprint density at radius 3 is 1.54 bits per heavy atom. The lowest BCUT2D eigenvalue weighted by Gasteiger charge is -2.25. The largest absolute Gasteiger partial charge is 0.368 e. The molecule has 0 spiro atoms. The number of primary amides is 1. The van der Waals surface area contributed by atoms with Gasteiger partial charge in [-0.05, 0) is 18.1 Å². The molecule has 0 fully saturated rings. The zero-order valence-corrected chi connectivity index (χ0v) is 13.5. The van der Waals surface area contributed by atoms with E-state index < -0.39 is 23.8 Å². The molecule has 1 unspecified atom stereocenters. The summed E-state index contributed by atoms with van der Waals surface area (Å²) in [5, 5.41) is 0. The zero-order chi connectivity index (χ0) is 17.5. The van der Waals surface area contributed by atoms with E-state index in [-0.39, 0.29) is 12.8 Å². The van der Waals surface area contributed by atoms with Crippen molar-refractivity contribution in [2.75, 3.05) is 0 Å². The Kier molecular flexibility index (Phi) is 5.84. The number of nitrogens with zero attached hydrogens (tertiary/aromatic N) is 1. The molecule has 2 rings (SSSR count). The van der Waals surface area contributed by atoms with Crippen LogP contribution in [0.1, 0.15) is 18.1 Å². The number of carbonyl (C=O) groups excluding carboxylic acids is 3. The fraction of sp³-hybridized carbons (Fsp3) is 0.211. The van der Waals surface area contributed by atoms with Gasteiger partial charge < -0.3 is 5.73 Å². The van der Waals surface area contributed by atoms with Crippen LogP contribution in [0.3, 0.4) is 0 Å². The lowest BCUT2D eigenvalue weighted by molar-refractivity contribution is -0.150. The van der Waals surface area contributed by atoms with Crippen molar-refractivity contribution in [2.45, 2.75) is 25.8 Å². The molecule has 5 nitrogen and oxygen atoms in total. The molecule has 0 saturated carbocycles. The van der Waals surface area contributed by atoms with Crippen LogP contribution in [0.2, 0.25) is 0 Å². The molecule has 1 atom stereocenters. The number of hydrogen-bond acceptors (Lipinski definition) is 3. The first-order valence-corrected chi connectivity index (χ1v) is 7.71. The molecule has 0 aliphatic heterocycles. The summed E-state index contributed by atoms with van der Waals surface area (Å²) in [6, 6.07) is 17.2. The van der Waals surface area contributed by atoms with Gasteiger partial charge in [-0.15, -0.1) is 0 Å². The number of imide groups is 1. The van der Waals surface area contributed by atoms with Crippen LogP contribution in [0.15, 0.2) is 60.7 Å². The van der Waals surface area contributed by atoms with E-state index in [1.54, 1.807) is 24.3 Å². The normalized spacial score (nSPS) is 11.5. The first-order valence-electron chi connectivity index (χ1n) is 7.71. The minimum Gasteiger partial charge on any atom is -0.368 e. The van der Waals surface area contributed by atoms with Gasteiger partial charge >= 0.3 is 0 Å². The third-order valence-corrected chi connectivity index (χ3v) is 3.73. The number of benzene rings is 2. The third kappa shape index (κ3) is 4.52. The predicted molar refractivity (Wildman–Crippen MR) is 90.8 cm³/mol. The predicted octanol–water partition coefficient (Wildman–Crippen LogP) is 1.70. The fourth-order valence-electron chi connectivity index (χ4n) is 2.41. The minimum absolute atomic E-state index is 0.0407. The zero-order valence-electron chi connectivity index (χ0n) is 13.5. The van der Waals surface area contributed by atoms with Crippen LogP contribution in [0, 0.1) is 0 Å². The number of nitrogens with two attached hydrogens (primary N) is 1. The van der Waals surface area contributed by atoms with Gasteiger partial charge in [0.25, 0.3) is 0 Å². The quantitative estimate of drug-likeness (QED) is 0.878. The van der Waals surface area contributed by atoms with Crippen LogP contribution in [-0.4, -0.2) is 28.7 Å². The molecular formula is C19H20N2O3. The van der Waals surface area contributed by atoms with Crippen LogP contribution in [0.4, 0.5) is 0 Å². The molecule has 0 radical (unpaired) electrons. The van der Waals surface area contributed by atoms with E-state index in [4.69, 9.17) is 5.73 Å². The number of amides is 3. The molecule has 0 aliphatic carbocycles. The van der Waals surface area contributed by atoms with Crippen molar-refractivity contribution in [1.82, 2.24) is 4.90 Å². The van der Waals surface area contributed by atoms with Gasteiger partial charge in [-0.2, -0.15) is 0 Å². The highest BCUT2D eigenvalue weighted by Crippen LogP contribution is 2.10. The Morgan fingerprint density at radius 2 is 1.21 bits per heavy atom. The van der Waals surface area contributed by atoms with E-state index in [1.165, 1.54) is 6.92 Å². The maximum atomic E-state index is 12.6. The SMILES string of the molecule is CC(C(N)=O)N(C(=O)Cc1ccccc1)C(=O)Cc1ccccc1. The van der Waals surface area contributed by atoms with Crippen molar-refractivity contribution >= 4 is 17.7 Å². The van der Waals surface area contributed by atoms with Crippen molar-refractivity contribution in [3.63, 3.8) is 0 Å². The van der Waals surface area contributed by atoms with Crippen molar-refractivity contribution in [3.8, 4) is 0 Å². The lowest BCUT2D eigenvalue weighted by atomic mass is 10.1. The second-order valence-corrected chi connectivity index (χ2v) is 5.56. The van der Waals surface area contributed by atoms with E-state index in [9.17, 15) is 14.4 Å². The molecule has 2 aromatic rings. The molecule has 124 valence electrons. The Balaban J connectivity index is 2.19. The fourth-order valence-corrected chi connectivity index (χ4v) is 2.41. The average molecular weight is 324 g/mol. The second-order valence-electron chi connectivity index (χ2n) is 5.56. The highest BCUT2D eigenvalue weighted by Gasteiger charge is 2.30. The second kappa shape index (κ2) is 8.06. The molecule has 0 saturated heterocycles. The standard InChI is InChI=1S/C19H20N2O3/c1-14(19(20)24)21(17(22)12-15-8-4-2-5-9-15)18(23)13-16-10-6-3-7-11-16/h2-11,14H,12-13H2,1H3,(H2,20,24).